The van der Waals surface area contributed by atoms with Crippen LogP contribution in [0.3, 0.4) is 0 Å². The number of hydrogen-bond acceptors (Lipinski definition) is 6. The molecule has 2 heterocycles. The van der Waals surface area contributed by atoms with E-state index in [9.17, 15) is 0 Å². The molecule has 1 aliphatic heterocycles. The fraction of sp³-hybridized carbons (Fsp3) is 0.769. The van der Waals surface area contributed by atoms with E-state index in [1.165, 1.54) is 12.8 Å². The molecular weight excluding hydrogens is 278 g/mol. The minimum Gasteiger partial charge on any atom is -0.462 e. The molecule has 0 aliphatic carbocycles. The van der Waals surface area contributed by atoms with Crippen molar-refractivity contribution in [2.75, 3.05) is 32.1 Å². The molecule has 1 aromatic heterocycles. The predicted molar refractivity (Wildman–Crippen MR) is 79.4 cm³/mol. The van der Waals surface area contributed by atoms with Crippen LogP contribution in [-0.4, -0.2) is 52.6 Å². The standard InChI is InChI=1S/C13H22ClN5O/c1-3-7-15-12-16-11(14)17-13(18-12)20-9-10-6-4-5-8-19(10)2/h10H,3-9H2,1-2H3,(H,15,16,17,18). The lowest BCUT2D eigenvalue weighted by molar-refractivity contribution is 0.120. The summed E-state index contributed by atoms with van der Waals surface area (Å²) < 4.78 is 5.69. The first-order valence-electron chi connectivity index (χ1n) is 7.17. The third-order valence-electron chi connectivity index (χ3n) is 3.45. The lowest BCUT2D eigenvalue weighted by Crippen LogP contribution is -2.40. The molecule has 1 aliphatic rings. The van der Waals surface area contributed by atoms with E-state index in [1.54, 1.807) is 0 Å². The summed E-state index contributed by atoms with van der Waals surface area (Å²) in [5.41, 5.74) is 0. The molecule has 0 saturated carbocycles. The van der Waals surface area contributed by atoms with Gasteiger partial charge in [-0.2, -0.15) is 15.0 Å². The third-order valence-corrected chi connectivity index (χ3v) is 3.62. The zero-order valence-corrected chi connectivity index (χ0v) is 12.9. The first kappa shape index (κ1) is 15.3. The molecule has 0 spiro atoms. The second-order valence-corrected chi connectivity index (χ2v) is 5.42. The van der Waals surface area contributed by atoms with Crippen LogP contribution in [0.4, 0.5) is 5.95 Å². The second kappa shape index (κ2) is 7.59. The Morgan fingerprint density at radius 3 is 2.95 bits per heavy atom. The molecule has 2 rings (SSSR count). The van der Waals surface area contributed by atoms with Crippen molar-refractivity contribution < 1.29 is 4.74 Å². The molecule has 112 valence electrons. The van der Waals surface area contributed by atoms with Crippen LogP contribution >= 0.6 is 11.6 Å². The number of likely N-dealkylation sites (tertiary alicyclic amines) is 1. The van der Waals surface area contributed by atoms with Gasteiger partial charge in [0.15, 0.2) is 0 Å². The number of nitrogens with zero attached hydrogens (tertiary/aromatic N) is 4. The molecule has 1 saturated heterocycles. The van der Waals surface area contributed by atoms with Crippen LogP contribution < -0.4 is 10.1 Å². The monoisotopic (exact) mass is 299 g/mol. The maximum absolute atomic E-state index is 5.89. The van der Waals surface area contributed by atoms with Gasteiger partial charge in [-0.3, -0.25) is 0 Å². The van der Waals surface area contributed by atoms with Gasteiger partial charge in [-0.05, 0) is 44.5 Å². The first-order chi connectivity index (χ1) is 9.69. The first-order valence-corrected chi connectivity index (χ1v) is 7.55. The zero-order valence-electron chi connectivity index (χ0n) is 12.1. The summed E-state index contributed by atoms with van der Waals surface area (Å²) in [6.45, 7) is 4.58. The van der Waals surface area contributed by atoms with Crippen molar-refractivity contribution in [3.63, 3.8) is 0 Å². The van der Waals surface area contributed by atoms with Gasteiger partial charge in [-0.1, -0.05) is 13.3 Å². The Labute approximate surface area is 124 Å². The molecule has 1 fully saturated rings. The maximum atomic E-state index is 5.89. The molecule has 20 heavy (non-hydrogen) atoms. The van der Waals surface area contributed by atoms with Crippen molar-refractivity contribution in [2.45, 2.75) is 38.6 Å². The zero-order chi connectivity index (χ0) is 14.4. The summed E-state index contributed by atoms with van der Waals surface area (Å²) in [6, 6.07) is 0.717. The maximum Gasteiger partial charge on any atom is 0.322 e. The second-order valence-electron chi connectivity index (χ2n) is 5.08. The van der Waals surface area contributed by atoms with Crippen molar-refractivity contribution in [2.24, 2.45) is 0 Å². The van der Waals surface area contributed by atoms with Crippen LogP contribution in [0, 0.1) is 0 Å². The van der Waals surface area contributed by atoms with Crippen LogP contribution in [0.1, 0.15) is 32.6 Å². The van der Waals surface area contributed by atoms with Gasteiger partial charge < -0.3 is 15.0 Å². The van der Waals surface area contributed by atoms with Gasteiger partial charge in [0.25, 0.3) is 0 Å². The fourth-order valence-electron chi connectivity index (χ4n) is 2.24. The predicted octanol–water partition coefficient (Wildman–Crippen LogP) is 2.21. The molecular formula is C13H22ClN5O. The Morgan fingerprint density at radius 1 is 1.35 bits per heavy atom. The summed E-state index contributed by atoms with van der Waals surface area (Å²) in [5, 5.41) is 3.24. The highest BCUT2D eigenvalue weighted by atomic mass is 35.5. The topological polar surface area (TPSA) is 63.2 Å². The number of rotatable bonds is 6. The summed E-state index contributed by atoms with van der Waals surface area (Å²) >= 11 is 5.89. The van der Waals surface area contributed by atoms with Gasteiger partial charge in [-0.25, -0.2) is 0 Å². The summed E-state index contributed by atoms with van der Waals surface area (Å²) in [4.78, 5) is 14.6. The molecule has 1 atom stereocenters. The number of likely N-dealkylation sites (N-methyl/N-ethyl adjacent to an activating group) is 1. The molecule has 1 aromatic rings. The minimum absolute atomic E-state index is 0.158. The van der Waals surface area contributed by atoms with Crippen LogP contribution in [0.5, 0.6) is 6.01 Å². The third kappa shape index (κ3) is 4.45. The number of aromatic nitrogens is 3. The van der Waals surface area contributed by atoms with E-state index >= 15 is 0 Å². The molecule has 7 heteroatoms. The van der Waals surface area contributed by atoms with Crippen molar-refractivity contribution in [1.82, 2.24) is 19.9 Å². The smallest absolute Gasteiger partial charge is 0.322 e. The average molecular weight is 300 g/mol. The van der Waals surface area contributed by atoms with Crippen LogP contribution in [-0.2, 0) is 0 Å². The van der Waals surface area contributed by atoms with Gasteiger partial charge in [0.1, 0.15) is 6.61 Å². The molecule has 1 unspecified atom stereocenters. The largest absolute Gasteiger partial charge is 0.462 e. The highest BCUT2D eigenvalue weighted by molar-refractivity contribution is 6.28. The van der Waals surface area contributed by atoms with Crippen LogP contribution in [0.2, 0.25) is 5.28 Å². The Kier molecular flexibility index (Phi) is 5.79. The SMILES string of the molecule is CCCNc1nc(Cl)nc(OCC2CCCCN2C)n1. The lowest BCUT2D eigenvalue weighted by Gasteiger charge is -2.31. The lowest BCUT2D eigenvalue weighted by atomic mass is 10.0. The molecule has 0 aromatic carbocycles. The van der Waals surface area contributed by atoms with Crippen LogP contribution in [0.25, 0.3) is 0 Å². The van der Waals surface area contributed by atoms with Gasteiger partial charge in [0.05, 0.1) is 0 Å². The van der Waals surface area contributed by atoms with E-state index in [-0.39, 0.29) is 5.28 Å². The Balaban J connectivity index is 1.92. The number of nitrogens with one attached hydrogen (secondary N) is 1. The number of anilines is 1. The minimum atomic E-state index is 0.158. The number of ether oxygens (including phenoxy) is 1. The molecule has 0 bridgehead atoms. The summed E-state index contributed by atoms with van der Waals surface area (Å²) in [7, 11) is 2.13. The quantitative estimate of drug-likeness (QED) is 0.869. The van der Waals surface area contributed by atoms with Crippen molar-refractivity contribution >= 4 is 17.5 Å². The van der Waals surface area contributed by atoms with Crippen LogP contribution in [0.15, 0.2) is 0 Å². The Bertz CT molecular complexity index is 431. The summed E-state index contributed by atoms with van der Waals surface area (Å²) in [6.07, 6.45) is 4.65. The van der Waals surface area contributed by atoms with Gasteiger partial charge in [0, 0.05) is 12.6 Å². The van der Waals surface area contributed by atoms with E-state index in [1.807, 2.05) is 0 Å². The highest BCUT2D eigenvalue weighted by Gasteiger charge is 2.20. The van der Waals surface area contributed by atoms with E-state index in [0.29, 0.717) is 24.6 Å². The van der Waals surface area contributed by atoms with E-state index in [4.69, 9.17) is 16.3 Å². The molecule has 1 N–H and O–H groups in total. The number of hydrogen-bond donors (Lipinski definition) is 1. The fourth-order valence-corrected chi connectivity index (χ4v) is 2.39. The molecule has 0 radical (unpaired) electrons. The molecule has 6 nitrogen and oxygen atoms in total. The van der Waals surface area contributed by atoms with Gasteiger partial charge >= 0.3 is 6.01 Å². The van der Waals surface area contributed by atoms with Crippen molar-refractivity contribution in [1.29, 1.82) is 0 Å². The van der Waals surface area contributed by atoms with Crippen molar-refractivity contribution in [3.8, 4) is 6.01 Å². The van der Waals surface area contributed by atoms with E-state index in [2.05, 4.69) is 39.1 Å². The van der Waals surface area contributed by atoms with Gasteiger partial charge in [-0.15, -0.1) is 0 Å². The number of piperidine rings is 1. The summed E-state index contributed by atoms with van der Waals surface area (Å²) in [5.74, 6) is 0.471. The van der Waals surface area contributed by atoms with E-state index in [0.717, 1.165) is 25.9 Å². The highest BCUT2D eigenvalue weighted by Crippen LogP contribution is 2.17. The van der Waals surface area contributed by atoms with E-state index < -0.39 is 0 Å². The molecule has 0 amide bonds. The normalized spacial score (nSPS) is 19.9. The number of halogens is 1. The Hall–Kier alpha value is -1.14. The van der Waals surface area contributed by atoms with Gasteiger partial charge in [0.2, 0.25) is 11.2 Å². The van der Waals surface area contributed by atoms with Crippen molar-refractivity contribution in [3.05, 3.63) is 5.28 Å². The Morgan fingerprint density at radius 2 is 2.20 bits per heavy atom. The average Bonchev–Trinajstić information content (AvgIpc) is 2.44.